The quantitative estimate of drug-likeness (QED) is 0.761. The molecule has 0 amide bonds. The molecule has 0 saturated heterocycles. The van der Waals surface area contributed by atoms with Gasteiger partial charge in [-0.05, 0) is 35.2 Å². The smallest absolute Gasteiger partial charge is 0.0896 e. The summed E-state index contributed by atoms with van der Waals surface area (Å²) in [5.74, 6) is 0. The second-order valence-electron chi connectivity index (χ2n) is 5.68. The van der Waals surface area contributed by atoms with Crippen LogP contribution < -0.4 is 0 Å². The lowest BCUT2D eigenvalue weighted by atomic mass is 9.80. The van der Waals surface area contributed by atoms with Gasteiger partial charge in [0.25, 0.3) is 0 Å². The lowest BCUT2D eigenvalue weighted by molar-refractivity contribution is 0.0982. The Labute approximate surface area is 118 Å². The monoisotopic (exact) mass is 266 g/mol. The molecular weight excluding hydrogens is 248 g/mol. The molecule has 2 aromatic heterocycles. The van der Waals surface area contributed by atoms with Gasteiger partial charge in [-0.15, -0.1) is 0 Å². The molecular formula is C17H18N2O. The second kappa shape index (κ2) is 4.76. The summed E-state index contributed by atoms with van der Waals surface area (Å²) >= 11 is 0. The third-order valence-corrected chi connectivity index (χ3v) is 3.93. The van der Waals surface area contributed by atoms with E-state index in [1.807, 2.05) is 44.2 Å². The van der Waals surface area contributed by atoms with Gasteiger partial charge in [-0.1, -0.05) is 32.0 Å². The first-order valence-electron chi connectivity index (χ1n) is 6.75. The molecule has 102 valence electrons. The molecule has 0 aliphatic rings. The molecule has 1 unspecified atom stereocenters. The summed E-state index contributed by atoms with van der Waals surface area (Å²) in [6.45, 7) is 4.09. The van der Waals surface area contributed by atoms with Crippen LogP contribution in [0.3, 0.4) is 0 Å². The first kappa shape index (κ1) is 12.9. The van der Waals surface area contributed by atoms with Crippen molar-refractivity contribution in [1.82, 2.24) is 9.97 Å². The molecule has 0 aliphatic heterocycles. The Hall–Kier alpha value is -2.13. The Morgan fingerprint density at radius 3 is 2.50 bits per heavy atom. The molecule has 0 aliphatic carbocycles. The number of hydrogen-bond acceptors (Lipinski definition) is 2. The van der Waals surface area contributed by atoms with Gasteiger partial charge in [0, 0.05) is 29.0 Å². The Kier molecular flexibility index (Phi) is 3.07. The number of H-pyrrole nitrogens is 1. The fraction of sp³-hybridized carbons (Fsp3) is 0.235. The first-order chi connectivity index (χ1) is 9.59. The van der Waals surface area contributed by atoms with Crippen LogP contribution in [0.2, 0.25) is 0 Å². The van der Waals surface area contributed by atoms with E-state index in [4.69, 9.17) is 0 Å². The zero-order chi connectivity index (χ0) is 14.2. The maximum atomic E-state index is 10.7. The molecule has 2 N–H and O–H groups in total. The average molecular weight is 266 g/mol. The number of aromatic amines is 1. The van der Waals surface area contributed by atoms with E-state index >= 15 is 0 Å². The number of nitrogens with one attached hydrogen (secondary N) is 1. The number of aliphatic hydroxyl groups is 1. The lowest BCUT2D eigenvalue weighted by Gasteiger charge is -2.30. The van der Waals surface area contributed by atoms with E-state index in [1.165, 1.54) is 0 Å². The number of aromatic nitrogens is 2. The zero-order valence-corrected chi connectivity index (χ0v) is 11.7. The first-order valence-corrected chi connectivity index (χ1v) is 6.75. The highest BCUT2D eigenvalue weighted by atomic mass is 16.3. The van der Waals surface area contributed by atoms with Crippen LogP contribution in [-0.4, -0.2) is 15.1 Å². The van der Waals surface area contributed by atoms with Gasteiger partial charge in [-0.25, -0.2) is 0 Å². The molecule has 0 fully saturated rings. The predicted molar refractivity (Wildman–Crippen MR) is 80.5 cm³/mol. The van der Waals surface area contributed by atoms with Gasteiger partial charge < -0.3 is 10.1 Å². The summed E-state index contributed by atoms with van der Waals surface area (Å²) in [6, 6.07) is 14.0. The van der Waals surface area contributed by atoms with Crippen molar-refractivity contribution in [2.75, 3.05) is 0 Å². The summed E-state index contributed by atoms with van der Waals surface area (Å²) in [7, 11) is 0. The molecule has 1 atom stereocenters. The van der Waals surface area contributed by atoms with E-state index in [-0.39, 0.29) is 0 Å². The molecule has 0 radical (unpaired) electrons. The van der Waals surface area contributed by atoms with Crippen LogP contribution in [0.1, 0.15) is 31.2 Å². The van der Waals surface area contributed by atoms with Crippen molar-refractivity contribution < 1.29 is 5.11 Å². The van der Waals surface area contributed by atoms with Crippen LogP contribution in [-0.2, 0) is 5.41 Å². The molecule has 0 spiro atoms. The van der Waals surface area contributed by atoms with E-state index in [2.05, 4.69) is 22.1 Å². The lowest BCUT2D eigenvalue weighted by Crippen LogP contribution is -2.27. The molecule has 2 heterocycles. The Balaban J connectivity index is 2.02. The van der Waals surface area contributed by atoms with Crippen molar-refractivity contribution in [2.45, 2.75) is 25.4 Å². The van der Waals surface area contributed by atoms with Gasteiger partial charge in [0.05, 0.1) is 6.10 Å². The van der Waals surface area contributed by atoms with Crippen molar-refractivity contribution in [2.24, 2.45) is 0 Å². The normalized spacial score (nSPS) is 13.6. The van der Waals surface area contributed by atoms with E-state index < -0.39 is 11.5 Å². The van der Waals surface area contributed by atoms with Gasteiger partial charge in [0.1, 0.15) is 0 Å². The Morgan fingerprint density at radius 2 is 1.80 bits per heavy atom. The average Bonchev–Trinajstić information content (AvgIpc) is 2.92. The Bertz CT molecular complexity index is 683. The number of nitrogens with zero attached hydrogens (tertiary/aromatic N) is 1. The minimum Gasteiger partial charge on any atom is -0.387 e. The van der Waals surface area contributed by atoms with Crippen LogP contribution in [0.15, 0.2) is 54.9 Å². The molecule has 20 heavy (non-hydrogen) atoms. The van der Waals surface area contributed by atoms with Crippen molar-refractivity contribution in [3.05, 3.63) is 66.1 Å². The molecule has 1 aromatic carbocycles. The zero-order valence-electron chi connectivity index (χ0n) is 11.7. The third kappa shape index (κ3) is 2.10. The maximum absolute atomic E-state index is 10.7. The van der Waals surface area contributed by atoms with Gasteiger partial charge in [-0.3, -0.25) is 4.98 Å². The van der Waals surface area contributed by atoms with Crippen molar-refractivity contribution >= 4 is 10.9 Å². The summed E-state index contributed by atoms with van der Waals surface area (Å²) in [5.41, 5.74) is 2.60. The second-order valence-corrected chi connectivity index (χ2v) is 5.68. The van der Waals surface area contributed by atoms with Crippen LogP contribution >= 0.6 is 0 Å². The number of benzene rings is 1. The van der Waals surface area contributed by atoms with E-state index in [1.54, 1.807) is 12.4 Å². The summed E-state index contributed by atoms with van der Waals surface area (Å²) in [4.78, 5) is 7.41. The van der Waals surface area contributed by atoms with Crippen molar-refractivity contribution in [1.29, 1.82) is 0 Å². The van der Waals surface area contributed by atoms with Crippen molar-refractivity contribution in [3.63, 3.8) is 0 Å². The predicted octanol–water partition coefficient (Wildman–Crippen LogP) is 3.57. The van der Waals surface area contributed by atoms with E-state index in [0.29, 0.717) is 0 Å². The SMILES string of the molecule is CC(C)(c1cc2ccccc2[nH]1)C(O)c1ccncc1. The summed E-state index contributed by atoms with van der Waals surface area (Å²) in [6.07, 6.45) is 2.83. The number of para-hydroxylation sites is 1. The van der Waals surface area contributed by atoms with E-state index in [9.17, 15) is 5.11 Å². The highest BCUT2D eigenvalue weighted by molar-refractivity contribution is 5.80. The number of pyridine rings is 1. The minimum absolute atomic E-state index is 0.402. The molecule has 3 aromatic rings. The summed E-state index contributed by atoms with van der Waals surface area (Å²) < 4.78 is 0. The van der Waals surface area contributed by atoms with Gasteiger partial charge in [0.15, 0.2) is 0 Å². The van der Waals surface area contributed by atoms with Gasteiger partial charge in [0.2, 0.25) is 0 Å². The standard InChI is InChI=1S/C17H18N2O/c1-17(2,16(20)12-7-9-18-10-8-12)15-11-13-5-3-4-6-14(13)19-15/h3-11,16,19-20H,1-2H3. The number of fused-ring (bicyclic) bond motifs is 1. The highest BCUT2D eigenvalue weighted by Gasteiger charge is 2.32. The largest absolute Gasteiger partial charge is 0.387 e. The molecule has 3 nitrogen and oxygen atoms in total. The van der Waals surface area contributed by atoms with Crippen molar-refractivity contribution in [3.8, 4) is 0 Å². The molecule has 3 heteroatoms. The maximum Gasteiger partial charge on any atom is 0.0896 e. The summed E-state index contributed by atoms with van der Waals surface area (Å²) in [5, 5.41) is 11.8. The Morgan fingerprint density at radius 1 is 1.10 bits per heavy atom. The van der Waals surface area contributed by atoms with Crippen LogP contribution in [0.5, 0.6) is 0 Å². The number of rotatable bonds is 3. The topological polar surface area (TPSA) is 48.9 Å². The minimum atomic E-state index is -0.585. The third-order valence-electron chi connectivity index (χ3n) is 3.93. The van der Waals surface area contributed by atoms with Crippen LogP contribution in [0.25, 0.3) is 10.9 Å². The number of hydrogen-bond donors (Lipinski definition) is 2. The fourth-order valence-electron chi connectivity index (χ4n) is 2.53. The fourth-order valence-corrected chi connectivity index (χ4v) is 2.53. The van der Waals surface area contributed by atoms with Gasteiger partial charge in [-0.2, -0.15) is 0 Å². The molecule has 3 rings (SSSR count). The highest BCUT2D eigenvalue weighted by Crippen LogP contribution is 2.37. The molecule has 0 saturated carbocycles. The van der Waals surface area contributed by atoms with Crippen LogP contribution in [0.4, 0.5) is 0 Å². The van der Waals surface area contributed by atoms with E-state index in [0.717, 1.165) is 22.2 Å². The van der Waals surface area contributed by atoms with Crippen LogP contribution in [0, 0.1) is 0 Å². The van der Waals surface area contributed by atoms with Gasteiger partial charge >= 0.3 is 0 Å². The molecule has 0 bridgehead atoms. The number of aliphatic hydroxyl groups excluding tert-OH is 1.